The molecule has 0 amide bonds. The molecular weight excluding hydrogens is 272 g/mol. The third-order valence-electron chi connectivity index (χ3n) is 4.29. The van der Waals surface area contributed by atoms with E-state index in [0.717, 1.165) is 43.5 Å². The van der Waals surface area contributed by atoms with Crippen molar-refractivity contribution in [2.75, 3.05) is 25.0 Å². The molecule has 110 valence electrons. The molecule has 0 bridgehead atoms. The minimum absolute atomic E-state index is 0.455. The molecule has 1 atom stereocenters. The lowest BCUT2D eigenvalue weighted by molar-refractivity contribution is 0.281. The normalized spacial score (nSPS) is 23.9. The molecule has 3 rings (SSSR count). The van der Waals surface area contributed by atoms with Crippen LogP contribution in [0.3, 0.4) is 0 Å². The van der Waals surface area contributed by atoms with Gasteiger partial charge in [-0.15, -0.1) is 0 Å². The van der Waals surface area contributed by atoms with Gasteiger partial charge in [0.05, 0.1) is 4.90 Å². The van der Waals surface area contributed by atoms with Gasteiger partial charge in [0.1, 0.15) is 0 Å². The summed E-state index contributed by atoms with van der Waals surface area (Å²) in [5, 5.41) is 3.30. The van der Waals surface area contributed by atoms with Crippen molar-refractivity contribution in [1.29, 1.82) is 0 Å². The molecule has 0 aromatic heterocycles. The molecule has 0 radical (unpaired) electrons. The van der Waals surface area contributed by atoms with Gasteiger partial charge < -0.3 is 5.32 Å². The van der Waals surface area contributed by atoms with Crippen LogP contribution in [0.4, 0.5) is 5.69 Å². The molecule has 0 aliphatic carbocycles. The lowest BCUT2D eigenvalue weighted by Crippen LogP contribution is -2.39. The van der Waals surface area contributed by atoms with Crippen LogP contribution in [0.5, 0.6) is 0 Å². The third-order valence-corrected chi connectivity index (χ3v) is 6.24. The number of anilines is 1. The van der Waals surface area contributed by atoms with Crippen LogP contribution in [-0.2, 0) is 16.4 Å². The second kappa shape index (κ2) is 5.37. The molecule has 2 aliphatic heterocycles. The third kappa shape index (κ3) is 2.44. The first-order valence-corrected chi connectivity index (χ1v) is 8.89. The van der Waals surface area contributed by atoms with Crippen LogP contribution in [-0.4, -0.2) is 32.4 Å². The maximum Gasteiger partial charge on any atom is 0.243 e. The quantitative estimate of drug-likeness (QED) is 0.911. The molecule has 2 aliphatic rings. The van der Waals surface area contributed by atoms with E-state index < -0.39 is 10.0 Å². The molecule has 1 fully saturated rings. The fraction of sp³-hybridized carbons (Fsp3) is 0.600. The van der Waals surface area contributed by atoms with Crippen molar-refractivity contribution in [1.82, 2.24) is 4.31 Å². The standard InChI is InChI=1S/C15H22N2O2S/c1-12-5-4-10-17(11-12)20(18,19)15-8-2-7-14-13(15)6-3-9-16-14/h2,7-8,12,16H,3-6,9-11H2,1H3. The fourth-order valence-electron chi connectivity index (χ4n) is 3.22. The van der Waals surface area contributed by atoms with E-state index in [1.807, 2.05) is 12.1 Å². The summed E-state index contributed by atoms with van der Waals surface area (Å²) in [6.45, 7) is 4.37. The average Bonchev–Trinajstić information content (AvgIpc) is 2.46. The van der Waals surface area contributed by atoms with Crippen molar-refractivity contribution in [2.24, 2.45) is 5.92 Å². The van der Waals surface area contributed by atoms with Gasteiger partial charge in [0, 0.05) is 25.3 Å². The van der Waals surface area contributed by atoms with Gasteiger partial charge in [0.15, 0.2) is 0 Å². The number of piperidine rings is 1. The first-order valence-electron chi connectivity index (χ1n) is 7.45. The summed E-state index contributed by atoms with van der Waals surface area (Å²) < 4.78 is 27.5. The molecule has 0 saturated carbocycles. The van der Waals surface area contributed by atoms with Gasteiger partial charge in [-0.3, -0.25) is 0 Å². The number of fused-ring (bicyclic) bond motifs is 1. The second-order valence-corrected chi connectivity index (χ2v) is 7.83. The Morgan fingerprint density at radius 3 is 2.95 bits per heavy atom. The lowest BCUT2D eigenvalue weighted by Gasteiger charge is -2.31. The molecule has 1 aromatic carbocycles. The zero-order valence-electron chi connectivity index (χ0n) is 11.9. The van der Waals surface area contributed by atoms with Crippen LogP contribution in [0.15, 0.2) is 23.1 Å². The highest BCUT2D eigenvalue weighted by Gasteiger charge is 2.31. The number of hydrogen-bond acceptors (Lipinski definition) is 3. The minimum atomic E-state index is -3.34. The zero-order valence-corrected chi connectivity index (χ0v) is 12.7. The van der Waals surface area contributed by atoms with Crippen LogP contribution in [0.25, 0.3) is 0 Å². The number of rotatable bonds is 2. The molecule has 20 heavy (non-hydrogen) atoms. The first kappa shape index (κ1) is 13.9. The van der Waals surface area contributed by atoms with E-state index in [0.29, 0.717) is 23.9 Å². The molecule has 2 heterocycles. The van der Waals surface area contributed by atoms with Gasteiger partial charge in [-0.05, 0) is 49.3 Å². The predicted molar refractivity (Wildman–Crippen MR) is 80.4 cm³/mol. The number of nitrogens with zero attached hydrogens (tertiary/aromatic N) is 1. The van der Waals surface area contributed by atoms with Crippen molar-refractivity contribution in [3.8, 4) is 0 Å². The van der Waals surface area contributed by atoms with Gasteiger partial charge >= 0.3 is 0 Å². The van der Waals surface area contributed by atoms with Crippen molar-refractivity contribution in [3.63, 3.8) is 0 Å². The van der Waals surface area contributed by atoms with Gasteiger partial charge in [-0.2, -0.15) is 4.31 Å². The number of benzene rings is 1. The monoisotopic (exact) mass is 294 g/mol. The Labute approximate surface area is 121 Å². The molecule has 1 aromatic rings. The number of sulfonamides is 1. The molecular formula is C15H22N2O2S. The smallest absolute Gasteiger partial charge is 0.243 e. The fourth-order valence-corrected chi connectivity index (χ4v) is 5.10. The average molecular weight is 294 g/mol. The van der Waals surface area contributed by atoms with Crippen LogP contribution in [0.2, 0.25) is 0 Å². The van der Waals surface area contributed by atoms with Gasteiger partial charge in [0.25, 0.3) is 0 Å². The Morgan fingerprint density at radius 1 is 1.30 bits per heavy atom. The van der Waals surface area contributed by atoms with E-state index in [9.17, 15) is 8.42 Å². The highest BCUT2D eigenvalue weighted by molar-refractivity contribution is 7.89. The Morgan fingerprint density at radius 2 is 2.15 bits per heavy atom. The van der Waals surface area contributed by atoms with Crippen LogP contribution < -0.4 is 5.32 Å². The SMILES string of the molecule is CC1CCCN(S(=O)(=O)c2cccc3c2CCCN3)C1. The molecule has 1 unspecified atom stereocenters. The topological polar surface area (TPSA) is 49.4 Å². The predicted octanol–water partition coefficient (Wildman–Crippen LogP) is 2.47. The highest BCUT2D eigenvalue weighted by Crippen LogP contribution is 2.31. The van der Waals surface area contributed by atoms with Crippen molar-refractivity contribution < 1.29 is 8.42 Å². The largest absolute Gasteiger partial charge is 0.385 e. The summed E-state index contributed by atoms with van der Waals surface area (Å²) in [7, 11) is -3.34. The summed E-state index contributed by atoms with van der Waals surface area (Å²) in [5.41, 5.74) is 1.96. The van der Waals surface area contributed by atoms with Gasteiger partial charge in [-0.1, -0.05) is 13.0 Å². The van der Waals surface area contributed by atoms with E-state index in [-0.39, 0.29) is 0 Å². The van der Waals surface area contributed by atoms with Crippen LogP contribution >= 0.6 is 0 Å². The van der Waals surface area contributed by atoms with E-state index in [2.05, 4.69) is 12.2 Å². The summed E-state index contributed by atoms with van der Waals surface area (Å²) in [5.74, 6) is 0.455. The van der Waals surface area contributed by atoms with Crippen LogP contribution in [0.1, 0.15) is 31.7 Å². The first-order chi connectivity index (χ1) is 9.59. The molecule has 1 saturated heterocycles. The van der Waals surface area contributed by atoms with E-state index in [1.165, 1.54) is 0 Å². The summed E-state index contributed by atoms with van der Waals surface area (Å²) in [6.07, 6.45) is 3.94. The summed E-state index contributed by atoms with van der Waals surface area (Å²) >= 11 is 0. The summed E-state index contributed by atoms with van der Waals surface area (Å²) in [6, 6.07) is 5.59. The Balaban J connectivity index is 1.99. The Kier molecular flexibility index (Phi) is 3.73. The van der Waals surface area contributed by atoms with Crippen LogP contribution in [0, 0.1) is 5.92 Å². The lowest BCUT2D eigenvalue weighted by atomic mass is 10.0. The van der Waals surface area contributed by atoms with E-state index in [4.69, 9.17) is 0 Å². The second-order valence-electron chi connectivity index (χ2n) is 5.92. The zero-order chi connectivity index (χ0) is 14.2. The minimum Gasteiger partial charge on any atom is -0.385 e. The maximum atomic E-state index is 12.9. The van der Waals surface area contributed by atoms with Crippen molar-refractivity contribution in [2.45, 2.75) is 37.5 Å². The van der Waals surface area contributed by atoms with Crippen molar-refractivity contribution >= 4 is 15.7 Å². The van der Waals surface area contributed by atoms with E-state index >= 15 is 0 Å². The molecule has 5 heteroatoms. The molecule has 4 nitrogen and oxygen atoms in total. The number of hydrogen-bond donors (Lipinski definition) is 1. The van der Waals surface area contributed by atoms with Gasteiger partial charge in [-0.25, -0.2) is 8.42 Å². The summed E-state index contributed by atoms with van der Waals surface area (Å²) in [4.78, 5) is 0.510. The molecule has 1 N–H and O–H groups in total. The van der Waals surface area contributed by atoms with Gasteiger partial charge in [0.2, 0.25) is 10.0 Å². The van der Waals surface area contributed by atoms with E-state index in [1.54, 1.807) is 10.4 Å². The van der Waals surface area contributed by atoms with Crippen molar-refractivity contribution in [3.05, 3.63) is 23.8 Å². The maximum absolute atomic E-state index is 12.9. The molecule has 0 spiro atoms. The Bertz CT molecular complexity index is 598. The highest BCUT2D eigenvalue weighted by atomic mass is 32.2. The Hall–Kier alpha value is -1.07. The number of nitrogens with one attached hydrogen (secondary N) is 1.